The van der Waals surface area contributed by atoms with Crippen molar-refractivity contribution in [2.75, 3.05) is 44.6 Å². The largest absolute Gasteiger partial charge is 0.492 e. The number of aryl methyl sites for hydroxylation is 1. The zero-order valence-corrected chi connectivity index (χ0v) is 21.1. The molecule has 2 aliphatic carbocycles. The highest BCUT2D eigenvalue weighted by Gasteiger charge is 2.62. The fraction of sp³-hybridized carbons (Fsp3) is 0.533. The van der Waals surface area contributed by atoms with E-state index in [0.717, 1.165) is 43.7 Å². The Morgan fingerprint density at radius 3 is 2.61 bits per heavy atom. The van der Waals surface area contributed by atoms with Gasteiger partial charge < -0.3 is 15.0 Å². The molecule has 0 bridgehead atoms. The minimum Gasteiger partial charge on any atom is -0.492 e. The molecule has 1 saturated carbocycles. The monoisotopic (exact) mass is 487 g/mol. The smallest absolute Gasteiger partial charge is 0.231 e. The number of carbonyl (C=O) groups excluding carboxylic acids is 2. The van der Waals surface area contributed by atoms with Crippen LogP contribution in [0.3, 0.4) is 0 Å². The fourth-order valence-corrected chi connectivity index (χ4v) is 6.61. The van der Waals surface area contributed by atoms with Crippen LogP contribution in [0.25, 0.3) is 0 Å². The Kier molecular flexibility index (Phi) is 6.46. The highest BCUT2D eigenvalue weighted by atomic mass is 16.5. The second-order valence-corrected chi connectivity index (χ2v) is 11.1. The lowest BCUT2D eigenvalue weighted by Crippen LogP contribution is -2.44. The van der Waals surface area contributed by atoms with Gasteiger partial charge in [0.15, 0.2) is 0 Å². The van der Waals surface area contributed by atoms with Gasteiger partial charge in [0.05, 0.1) is 11.3 Å². The minimum atomic E-state index is -0.312. The van der Waals surface area contributed by atoms with E-state index >= 15 is 0 Å². The van der Waals surface area contributed by atoms with Gasteiger partial charge in [-0.05, 0) is 92.9 Å². The average molecular weight is 488 g/mol. The number of hydrogen-bond donors (Lipinski definition) is 1. The summed E-state index contributed by atoms with van der Waals surface area (Å²) in [6, 6.07) is 16.1. The summed E-state index contributed by atoms with van der Waals surface area (Å²) >= 11 is 0. The van der Waals surface area contributed by atoms with Crippen LogP contribution in [0.2, 0.25) is 0 Å². The summed E-state index contributed by atoms with van der Waals surface area (Å²) < 4.78 is 5.92. The first kappa shape index (κ1) is 23.5. The number of ether oxygens (including phenoxy) is 1. The van der Waals surface area contributed by atoms with Crippen molar-refractivity contribution in [2.24, 2.45) is 11.3 Å². The van der Waals surface area contributed by atoms with Gasteiger partial charge in [0.1, 0.15) is 12.4 Å². The number of anilines is 1. The second-order valence-electron chi connectivity index (χ2n) is 11.1. The summed E-state index contributed by atoms with van der Waals surface area (Å²) in [5.41, 5.74) is 3.01. The Labute approximate surface area is 214 Å². The molecule has 2 saturated heterocycles. The van der Waals surface area contributed by atoms with Crippen LogP contribution >= 0.6 is 0 Å². The van der Waals surface area contributed by atoms with E-state index in [2.05, 4.69) is 28.4 Å². The van der Waals surface area contributed by atoms with Crippen LogP contribution in [0.1, 0.15) is 55.6 Å². The third-order valence-corrected chi connectivity index (χ3v) is 8.93. The summed E-state index contributed by atoms with van der Waals surface area (Å²) in [7, 11) is 0. The van der Waals surface area contributed by atoms with Crippen LogP contribution in [-0.2, 0) is 16.0 Å². The van der Waals surface area contributed by atoms with Gasteiger partial charge in [0.2, 0.25) is 11.8 Å². The number of benzene rings is 2. The molecule has 2 heterocycles. The van der Waals surface area contributed by atoms with Crippen molar-refractivity contribution < 1.29 is 14.3 Å². The molecular weight excluding hydrogens is 450 g/mol. The molecule has 6 nitrogen and oxygen atoms in total. The predicted octanol–water partition coefficient (Wildman–Crippen LogP) is 4.46. The third kappa shape index (κ3) is 4.63. The minimum absolute atomic E-state index is 0.0122. The molecule has 36 heavy (non-hydrogen) atoms. The molecule has 3 atom stereocenters. The third-order valence-electron chi connectivity index (χ3n) is 8.93. The first-order valence-electron chi connectivity index (χ1n) is 13.8. The molecule has 190 valence electrons. The topological polar surface area (TPSA) is 61.9 Å². The van der Waals surface area contributed by atoms with E-state index in [0.29, 0.717) is 19.7 Å². The average Bonchev–Trinajstić information content (AvgIpc) is 3.52. The van der Waals surface area contributed by atoms with Gasteiger partial charge in [-0.15, -0.1) is 0 Å². The van der Waals surface area contributed by atoms with E-state index in [-0.39, 0.29) is 29.1 Å². The molecule has 1 N–H and O–H groups in total. The number of fused-ring (bicyclic) bond motifs is 2. The lowest BCUT2D eigenvalue weighted by molar-refractivity contribution is -0.136. The molecule has 2 aromatic rings. The number of nitrogens with one attached hydrogen (secondary N) is 1. The van der Waals surface area contributed by atoms with E-state index < -0.39 is 0 Å². The number of piperidine rings is 2. The Morgan fingerprint density at radius 2 is 1.81 bits per heavy atom. The summed E-state index contributed by atoms with van der Waals surface area (Å²) in [4.78, 5) is 31.0. The molecule has 2 aromatic carbocycles. The summed E-state index contributed by atoms with van der Waals surface area (Å²) in [6.45, 7) is 5.39. The summed E-state index contributed by atoms with van der Waals surface area (Å²) in [5.74, 6) is 1.44. The Bertz CT molecular complexity index is 1110. The van der Waals surface area contributed by atoms with Gasteiger partial charge >= 0.3 is 0 Å². The molecule has 3 unspecified atom stereocenters. The van der Waals surface area contributed by atoms with E-state index in [1.165, 1.54) is 43.5 Å². The van der Waals surface area contributed by atoms with Crippen LogP contribution in [0.5, 0.6) is 5.75 Å². The van der Waals surface area contributed by atoms with Gasteiger partial charge in [-0.2, -0.15) is 0 Å². The summed E-state index contributed by atoms with van der Waals surface area (Å²) in [5, 5.41) is 3.13. The van der Waals surface area contributed by atoms with Gasteiger partial charge in [0, 0.05) is 25.3 Å². The number of amides is 2. The van der Waals surface area contributed by atoms with Crippen molar-refractivity contribution in [1.82, 2.24) is 9.80 Å². The van der Waals surface area contributed by atoms with Gasteiger partial charge in [-0.3, -0.25) is 14.5 Å². The standard InChI is InChI=1S/C30H37N3O3/c34-28(27-13-8-22-6-2-3-7-26(22)27)33-17-14-30(20-23(30)21-33)29(35)31-24-9-11-25(12-10-24)36-19-18-32-15-4-1-5-16-32/h2-3,6-7,9-12,23,27H,1,4-5,8,13-21H2,(H,31,35). The van der Waals surface area contributed by atoms with E-state index in [4.69, 9.17) is 4.74 Å². The van der Waals surface area contributed by atoms with Crippen LogP contribution in [0, 0.1) is 11.3 Å². The van der Waals surface area contributed by atoms with E-state index in [1.807, 2.05) is 35.2 Å². The fourth-order valence-electron chi connectivity index (χ4n) is 6.61. The van der Waals surface area contributed by atoms with Crippen LogP contribution in [0.15, 0.2) is 48.5 Å². The normalized spacial score (nSPS) is 27.2. The van der Waals surface area contributed by atoms with E-state index in [1.54, 1.807) is 0 Å². The highest BCUT2D eigenvalue weighted by Crippen LogP contribution is 2.58. The van der Waals surface area contributed by atoms with Crippen molar-refractivity contribution in [3.8, 4) is 5.75 Å². The van der Waals surface area contributed by atoms with Gasteiger partial charge in [-0.1, -0.05) is 30.7 Å². The second kappa shape index (κ2) is 9.89. The SMILES string of the molecule is O=C(C1CCc2ccccc21)N1CCC2(C(=O)Nc3ccc(OCCN4CCCCC4)cc3)CC2C1. The van der Waals surface area contributed by atoms with Crippen molar-refractivity contribution in [3.63, 3.8) is 0 Å². The number of carbonyl (C=O) groups is 2. The highest BCUT2D eigenvalue weighted by molar-refractivity contribution is 5.98. The molecule has 6 rings (SSSR count). The molecule has 3 fully saturated rings. The Morgan fingerprint density at radius 1 is 1.00 bits per heavy atom. The van der Waals surface area contributed by atoms with Crippen molar-refractivity contribution in [3.05, 3.63) is 59.7 Å². The molecule has 2 amide bonds. The van der Waals surface area contributed by atoms with Gasteiger partial charge in [0.25, 0.3) is 0 Å². The Balaban J connectivity index is 0.986. The quantitative estimate of drug-likeness (QED) is 0.627. The number of nitrogens with zero attached hydrogens (tertiary/aromatic N) is 2. The lowest BCUT2D eigenvalue weighted by atomic mass is 9.92. The number of rotatable bonds is 7. The van der Waals surface area contributed by atoms with Crippen molar-refractivity contribution in [1.29, 1.82) is 0 Å². The van der Waals surface area contributed by atoms with Crippen LogP contribution in [0.4, 0.5) is 5.69 Å². The van der Waals surface area contributed by atoms with Crippen LogP contribution in [-0.4, -0.2) is 60.9 Å². The van der Waals surface area contributed by atoms with E-state index in [9.17, 15) is 9.59 Å². The Hall–Kier alpha value is -2.86. The molecule has 6 heteroatoms. The first-order chi connectivity index (χ1) is 17.6. The zero-order valence-electron chi connectivity index (χ0n) is 21.1. The summed E-state index contributed by atoms with van der Waals surface area (Å²) in [6.07, 6.45) is 7.45. The first-order valence-corrected chi connectivity index (χ1v) is 13.8. The molecular formula is C30H37N3O3. The predicted molar refractivity (Wildman–Crippen MR) is 140 cm³/mol. The molecule has 0 spiro atoms. The van der Waals surface area contributed by atoms with Crippen molar-refractivity contribution >= 4 is 17.5 Å². The molecule has 4 aliphatic rings. The zero-order chi connectivity index (χ0) is 24.5. The maximum absolute atomic E-state index is 13.3. The number of likely N-dealkylation sites (tertiary alicyclic amines) is 2. The molecule has 0 radical (unpaired) electrons. The van der Waals surface area contributed by atoms with Gasteiger partial charge in [-0.25, -0.2) is 0 Å². The van der Waals surface area contributed by atoms with Crippen LogP contribution < -0.4 is 10.1 Å². The van der Waals surface area contributed by atoms with Crippen molar-refractivity contribution in [2.45, 2.75) is 50.9 Å². The maximum atomic E-state index is 13.3. The maximum Gasteiger partial charge on any atom is 0.231 e. The molecule has 0 aromatic heterocycles. The molecule has 2 aliphatic heterocycles. The lowest BCUT2D eigenvalue weighted by Gasteiger charge is -2.33. The number of hydrogen-bond acceptors (Lipinski definition) is 4.